The number of hydrogen-bond donors (Lipinski definition) is 6. The Morgan fingerprint density at radius 1 is 0.951 bits per heavy atom. The molecule has 6 N–H and O–H groups in total. The van der Waals surface area contributed by atoms with Gasteiger partial charge in [0.1, 0.15) is 23.3 Å². The zero-order valence-electron chi connectivity index (χ0n) is 20.3. The summed E-state index contributed by atoms with van der Waals surface area (Å²) < 4.78 is 52.8. The van der Waals surface area contributed by atoms with Gasteiger partial charge in [0.25, 0.3) is 5.56 Å². The Morgan fingerprint density at radius 2 is 1.63 bits per heavy atom. The summed E-state index contributed by atoms with van der Waals surface area (Å²) in [6.45, 7) is -1.25. The van der Waals surface area contributed by atoms with Crippen LogP contribution >= 0.6 is 34.8 Å². The number of nitrogens with zero attached hydrogens (tertiary/aromatic N) is 3. The van der Waals surface area contributed by atoms with Crippen LogP contribution < -0.4 is 11.2 Å². The van der Waals surface area contributed by atoms with Crippen LogP contribution in [0.2, 0.25) is 0 Å². The summed E-state index contributed by atoms with van der Waals surface area (Å²) in [6, 6.07) is 10.2. The maximum Gasteiger partial charge on any atom is 0.490 e. The van der Waals surface area contributed by atoms with Crippen molar-refractivity contribution in [2.45, 2.75) is 31.1 Å². The van der Waals surface area contributed by atoms with E-state index in [9.17, 15) is 43.3 Å². The van der Waals surface area contributed by atoms with Crippen molar-refractivity contribution in [3.05, 3.63) is 74.5 Å². The first-order valence-electron chi connectivity index (χ1n) is 11.2. The maximum atomic E-state index is 13.2. The van der Waals surface area contributed by atoms with E-state index in [1.807, 2.05) is 30.3 Å². The van der Waals surface area contributed by atoms with Crippen LogP contribution in [-0.2, 0) is 38.1 Å². The van der Waals surface area contributed by atoms with E-state index in [2.05, 4.69) is 18.1 Å². The van der Waals surface area contributed by atoms with Crippen molar-refractivity contribution in [2.24, 2.45) is 0 Å². The first kappa shape index (κ1) is 31.7. The molecule has 22 heteroatoms. The maximum absolute atomic E-state index is 13.2. The first-order chi connectivity index (χ1) is 19.1. The molecule has 1 aromatic carbocycles. The van der Waals surface area contributed by atoms with E-state index in [0.717, 1.165) is 27.0 Å². The molecular weight excluding hydrogens is 635 g/mol. The average molecular weight is 657 g/mol. The number of aromatic nitrogens is 3. The first-order valence-corrected chi connectivity index (χ1v) is 16.5. The van der Waals surface area contributed by atoms with E-state index < -0.39 is 65.9 Å². The predicted molar refractivity (Wildman–Crippen MR) is 137 cm³/mol. The zero-order chi connectivity index (χ0) is 30.2. The minimum atomic E-state index is -5.78. The van der Waals surface area contributed by atoms with Crippen LogP contribution in [0.4, 0.5) is 0 Å². The summed E-state index contributed by atoms with van der Waals surface area (Å²) in [6.07, 6.45) is -4.38. The molecule has 2 aromatic heterocycles. The third kappa shape index (κ3) is 8.01. The lowest BCUT2D eigenvalue weighted by Crippen LogP contribution is -2.43. The summed E-state index contributed by atoms with van der Waals surface area (Å²) in [5, 5.41) is 21.5. The summed E-state index contributed by atoms with van der Waals surface area (Å²) in [5.74, 6) is 0. The second-order valence-corrected chi connectivity index (χ2v) is 13.9. The Kier molecular flexibility index (Phi) is 9.45. The fourth-order valence-corrected chi connectivity index (χ4v) is 7.63. The summed E-state index contributed by atoms with van der Waals surface area (Å²) in [7, 11) is -16.9. The molecule has 1 saturated heterocycles. The summed E-state index contributed by atoms with van der Waals surface area (Å²) >= 11 is 1.24. The highest BCUT2D eigenvalue weighted by Gasteiger charge is 2.47. The van der Waals surface area contributed by atoms with Gasteiger partial charge in [0.15, 0.2) is 6.23 Å². The van der Waals surface area contributed by atoms with Crippen LogP contribution in [0.15, 0.2) is 58.4 Å². The van der Waals surface area contributed by atoms with Crippen LogP contribution in [0.25, 0.3) is 10.6 Å². The molecule has 41 heavy (non-hydrogen) atoms. The number of hydrogen-bond acceptors (Lipinski definition) is 13. The molecule has 3 aromatic rings. The number of phosphoric acid groups is 3. The van der Waals surface area contributed by atoms with E-state index in [1.165, 1.54) is 17.5 Å². The smallest absolute Gasteiger partial charge is 0.387 e. The molecule has 0 amide bonds. The lowest BCUT2D eigenvalue weighted by atomic mass is 10.1. The van der Waals surface area contributed by atoms with Gasteiger partial charge in [-0.05, 0) is 0 Å². The third-order valence-corrected chi connectivity index (χ3v) is 10.2. The molecule has 0 bridgehead atoms. The number of aliphatic hydroxyl groups excluding tert-OH is 2. The molecule has 0 spiro atoms. The Balaban J connectivity index is 1.48. The number of phosphoric ester groups is 1. The number of thiazole rings is 1. The Hall–Kier alpha value is -2.18. The van der Waals surface area contributed by atoms with E-state index in [-0.39, 0.29) is 6.54 Å². The number of rotatable bonds is 11. The standard InChI is InChI=1S/C19H22N3O15P3S/c23-14-6-7-21(19(26)22(14)9-12-8-20-17(41-12)11-4-2-1-3-5-11)18-16(25)15(24)13(35-18)10-34-39(30,31)37-40(32,33)36-38(27,28)29/h1-8,13,15-16,18,24-25H,9-10H2,(H,30,31)(H,32,33)(H2,27,28,29)/t13-,15+,16?,18-/m1/s1. The molecule has 1 aliphatic rings. The van der Waals surface area contributed by atoms with E-state index in [4.69, 9.17) is 14.5 Å². The van der Waals surface area contributed by atoms with Crippen LogP contribution in [0.1, 0.15) is 11.1 Å². The molecule has 0 aliphatic carbocycles. The van der Waals surface area contributed by atoms with Gasteiger partial charge >= 0.3 is 29.2 Å². The van der Waals surface area contributed by atoms with E-state index in [1.54, 1.807) is 0 Å². The summed E-state index contributed by atoms with van der Waals surface area (Å²) in [4.78, 5) is 66.5. The Morgan fingerprint density at radius 3 is 2.29 bits per heavy atom. The third-order valence-electron chi connectivity index (χ3n) is 5.41. The number of benzene rings is 1. The van der Waals surface area contributed by atoms with E-state index >= 15 is 0 Å². The second kappa shape index (κ2) is 12.2. The molecule has 6 atom stereocenters. The van der Waals surface area contributed by atoms with Crippen molar-refractivity contribution >= 4 is 34.8 Å². The monoisotopic (exact) mass is 657 g/mol. The normalized spacial score (nSPS) is 24.1. The van der Waals surface area contributed by atoms with Gasteiger partial charge in [-0.2, -0.15) is 8.62 Å². The van der Waals surface area contributed by atoms with Crippen molar-refractivity contribution in [3.8, 4) is 10.6 Å². The largest absolute Gasteiger partial charge is 0.490 e. The Labute approximate surface area is 233 Å². The molecule has 4 rings (SSSR count). The predicted octanol–water partition coefficient (Wildman–Crippen LogP) is 0.144. The minimum Gasteiger partial charge on any atom is -0.387 e. The minimum absolute atomic E-state index is 0.177. The molecule has 18 nitrogen and oxygen atoms in total. The fraction of sp³-hybridized carbons (Fsp3) is 0.316. The SMILES string of the molecule is O=c1ccn([C@@H]2O[C@H](COP(=O)(O)OP(=O)(O)OP(=O)(O)O)[C@H](O)C2O)c(=O)n1Cc1cnc(-c2ccccc2)s1. The fourth-order valence-electron chi connectivity index (χ4n) is 3.69. The van der Waals surface area contributed by atoms with Crippen LogP contribution in [-0.4, -0.2) is 68.8 Å². The molecule has 0 saturated carbocycles. The van der Waals surface area contributed by atoms with Crippen molar-refractivity contribution < 1.29 is 61.4 Å². The van der Waals surface area contributed by atoms with Crippen LogP contribution in [0.5, 0.6) is 0 Å². The highest BCUT2D eigenvalue weighted by atomic mass is 32.1. The topological polar surface area (TPSA) is 266 Å². The highest BCUT2D eigenvalue weighted by Crippen LogP contribution is 2.66. The van der Waals surface area contributed by atoms with Crippen LogP contribution in [0, 0.1) is 0 Å². The van der Waals surface area contributed by atoms with Gasteiger partial charge in [0.05, 0.1) is 13.2 Å². The van der Waals surface area contributed by atoms with Gasteiger partial charge in [-0.3, -0.25) is 18.5 Å². The highest BCUT2D eigenvalue weighted by molar-refractivity contribution is 7.66. The van der Waals surface area contributed by atoms with Crippen molar-refractivity contribution in [1.29, 1.82) is 0 Å². The lowest BCUT2D eigenvalue weighted by molar-refractivity contribution is -0.0547. The molecular formula is C19H22N3O15P3S. The van der Waals surface area contributed by atoms with Crippen molar-refractivity contribution in [2.75, 3.05) is 6.61 Å². The van der Waals surface area contributed by atoms with Gasteiger partial charge < -0.3 is 34.5 Å². The molecule has 224 valence electrons. The van der Waals surface area contributed by atoms with Crippen molar-refractivity contribution in [3.63, 3.8) is 0 Å². The number of ether oxygens (including phenoxy) is 1. The second-order valence-electron chi connectivity index (χ2n) is 8.36. The van der Waals surface area contributed by atoms with Gasteiger partial charge in [0, 0.05) is 28.9 Å². The average Bonchev–Trinajstić information content (AvgIpc) is 3.44. The van der Waals surface area contributed by atoms with Gasteiger partial charge in [-0.15, -0.1) is 11.3 Å². The van der Waals surface area contributed by atoms with E-state index in [0.29, 0.717) is 9.88 Å². The summed E-state index contributed by atoms with van der Waals surface area (Å²) in [5.41, 5.74) is -0.782. The molecule has 3 unspecified atom stereocenters. The quantitative estimate of drug-likeness (QED) is 0.150. The van der Waals surface area contributed by atoms with Crippen LogP contribution in [0.3, 0.4) is 0 Å². The zero-order valence-corrected chi connectivity index (χ0v) is 23.8. The molecule has 1 aliphatic heterocycles. The number of aliphatic hydroxyl groups is 2. The lowest BCUT2D eigenvalue weighted by Gasteiger charge is -2.19. The Bertz CT molecular complexity index is 1650. The van der Waals surface area contributed by atoms with Gasteiger partial charge in [-0.1, -0.05) is 30.3 Å². The molecule has 0 radical (unpaired) electrons. The van der Waals surface area contributed by atoms with Crippen molar-refractivity contribution in [1.82, 2.24) is 14.1 Å². The van der Waals surface area contributed by atoms with Gasteiger partial charge in [-0.25, -0.2) is 23.5 Å². The van der Waals surface area contributed by atoms with Gasteiger partial charge in [0.2, 0.25) is 0 Å². The molecule has 3 heterocycles. The molecule has 1 fully saturated rings.